The molecule has 14 nitrogen and oxygen atoms in total. The predicted molar refractivity (Wildman–Crippen MR) is 195 cm³/mol. The largest absolute Gasteiger partial charge is 0.497 e. The van der Waals surface area contributed by atoms with Crippen molar-refractivity contribution in [2.75, 3.05) is 26.0 Å². The molecular weight excluding hydrogens is 779 g/mol. The van der Waals surface area contributed by atoms with Gasteiger partial charge in [-0.3, -0.25) is 14.4 Å². The van der Waals surface area contributed by atoms with Crippen LogP contribution in [0.3, 0.4) is 0 Å². The first-order valence-electron chi connectivity index (χ1n) is 18.9. The fourth-order valence-corrected chi connectivity index (χ4v) is 9.39. The monoisotopic (exact) mass is 823 g/mol. The van der Waals surface area contributed by atoms with Gasteiger partial charge in [0.05, 0.1) is 31.5 Å². The normalized spacial score (nSPS) is 30.7. The number of benzene rings is 1. The molecule has 7 rings (SSSR count). The van der Waals surface area contributed by atoms with Crippen LogP contribution in [0.4, 0.5) is 22.4 Å². The molecule has 2 aromatic rings. The molecule has 3 fully saturated rings. The van der Waals surface area contributed by atoms with Crippen LogP contribution in [-0.4, -0.2) is 101 Å². The molecule has 4 amide bonds. The number of alkyl halides is 4. The van der Waals surface area contributed by atoms with Gasteiger partial charge in [0.15, 0.2) is 11.4 Å². The summed E-state index contributed by atoms with van der Waals surface area (Å²) < 4.78 is 104. The van der Waals surface area contributed by atoms with E-state index in [1.807, 2.05) is 6.08 Å². The van der Waals surface area contributed by atoms with Crippen LogP contribution in [0.15, 0.2) is 30.4 Å². The van der Waals surface area contributed by atoms with Crippen LogP contribution in [0, 0.1) is 5.92 Å². The number of aromatic nitrogens is 1. The highest BCUT2D eigenvalue weighted by molar-refractivity contribution is 7.90. The Morgan fingerprint density at radius 1 is 1.09 bits per heavy atom. The van der Waals surface area contributed by atoms with Gasteiger partial charge in [0, 0.05) is 29.7 Å². The minimum Gasteiger partial charge on any atom is -0.497 e. The van der Waals surface area contributed by atoms with E-state index in [1.54, 1.807) is 26.8 Å². The van der Waals surface area contributed by atoms with Gasteiger partial charge in [-0.05, 0) is 64.7 Å². The Kier molecular flexibility index (Phi) is 10.2. The van der Waals surface area contributed by atoms with Crippen LogP contribution in [0.25, 0.3) is 10.9 Å². The van der Waals surface area contributed by atoms with E-state index in [9.17, 15) is 40.8 Å². The number of carbonyl (C=O) groups is 4. The third-order valence-electron chi connectivity index (χ3n) is 11.2. The molecule has 19 heteroatoms. The summed E-state index contributed by atoms with van der Waals surface area (Å²) in [4.78, 5) is 61.0. The molecule has 2 N–H and O–H groups in total. The van der Waals surface area contributed by atoms with E-state index < -0.39 is 117 Å². The van der Waals surface area contributed by atoms with Gasteiger partial charge in [-0.1, -0.05) is 25.0 Å². The van der Waals surface area contributed by atoms with Gasteiger partial charge in [-0.15, -0.1) is 0 Å². The van der Waals surface area contributed by atoms with Crippen molar-refractivity contribution in [3.05, 3.63) is 41.6 Å². The second-order valence-corrected chi connectivity index (χ2v) is 18.5. The van der Waals surface area contributed by atoms with Gasteiger partial charge in [-0.25, -0.2) is 26.9 Å². The van der Waals surface area contributed by atoms with Crippen LogP contribution in [0.5, 0.6) is 11.5 Å². The fraction of sp³-hybridized carbons (Fsp3) is 0.605. The molecule has 0 radical (unpaired) electrons. The number of pyridine rings is 1. The maximum absolute atomic E-state index is 16.7. The number of methoxy groups -OCH3 is 1. The van der Waals surface area contributed by atoms with Crippen molar-refractivity contribution in [2.24, 2.45) is 5.92 Å². The van der Waals surface area contributed by atoms with Crippen molar-refractivity contribution in [3.63, 3.8) is 0 Å². The standard InChI is InChI=1S/C38H45F4N5O9S/c1-35(2,3)56-34(51)44-26-11-9-7-5-6-8-10-21-17-37(21,33(50)47-14-15-57(47,52)53)45-31(48)27-19-36(20-46(27)32(26)49)18-24(39)28-23-16-22(54-4)12-13-25(23)43-30(29(28)55-36)38(40,41)42/h8,10,12-13,16,21,24,26-27H,5-7,9,11,14-15,17-20H2,1-4H3,(H,44,51)(H,45,48)/b10-8-/t21-,24+,26+,27+,36-,37-/m1/s1. The summed E-state index contributed by atoms with van der Waals surface area (Å²) in [5.74, 6) is -4.05. The highest BCUT2D eigenvalue weighted by Gasteiger charge is 2.65. The molecule has 1 spiro atoms. The van der Waals surface area contributed by atoms with Gasteiger partial charge in [0.2, 0.25) is 21.8 Å². The Labute approximate surface area is 326 Å². The smallest absolute Gasteiger partial charge is 0.437 e. The second kappa shape index (κ2) is 14.3. The van der Waals surface area contributed by atoms with Crippen molar-refractivity contribution in [1.29, 1.82) is 0 Å². The first kappa shape index (κ1) is 40.5. The number of fused-ring (bicyclic) bond motifs is 5. The number of sulfonamides is 1. The Morgan fingerprint density at radius 3 is 2.49 bits per heavy atom. The summed E-state index contributed by atoms with van der Waals surface area (Å²) in [5, 5.41) is 5.34. The molecule has 5 heterocycles. The number of allylic oxidation sites excluding steroid dienone is 1. The number of amides is 4. The SMILES string of the molecule is COc1ccc2nc(C(F)(F)F)c3c(c2c1)[C@@H](F)C[C@]1(C[C@H]2C(=O)N[C@]4(C(=O)N5CCS5(=O)=O)C[C@H]4/C=C\CCCCC[C@H](NC(=O)OC(C)(C)C)C(=O)N2C1)O3. The lowest BCUT2D eigenvalue weighted by Gasteiger charge is -2.38. The van der Waals surface area contributed by atoms with Gasteiger partial charge < -0.3 is 29.7 Å². The molecule has 5 aliphatic rings. The number of nitrogens with one attached hydrogen (secondary N) is 2. The van der Waals surface area contributed by atoms with Crippen LogP contribution < -0.4 is 20.1 Å². The fourth-order valence-electron chi connectivity index (χ4n) is 8.31. The van der Waals surface area contributed by atoms with Gasteiger partial charge >= 0.3 is 12.3 Å². The van der Waals surface area contributed by atoms with E-state index >= 15 is 4.39 Å². The molecule has 0 bridgehead atoms. The molecule has 1 aromatic heterocycles. The van der Waals surface area contributed by atoms with Crippen LogP contribution in [0.1, 0.15) is 89.6 Å². The quantitative estimate of drug-likeness (QED) is 0.322. The van der Waals surface area contributed by atoms with Gasteiger partial charge in [0.25, 0.3) is 5.91 Å². The van der Waals surface area contributed by atoms with Gasteiger partial charge in [-0.2, -0.15) is 13.2 Å². The maximum Gasteiger partial charge on any atom is 0.437 e. The van der Waals surface area contributed by atoms with Crippen LogP contribution in [-0.2, 0) is 35.3 Å². The summed E-state index contributed by atoms with van der Waals surface area (Å²) in [7, 11) is -2.55. The van der Waals surface area contributed by atoms with E-state index in [-0.39, 0.29) is 41.8 Å². The molecule has 2 saturated heterocycles. The molecular formula is C38H45F4N5O9S. The zero-order valence-corrected chi connectivity index (χ0v) is 32.7. The minimum atomic E-state index is -5.10. The maximum atomic E-state index is 16.7. The highest BCUT2D eigenvalue weighted by Crippen LogP contribution is 2.54. The molecule has 6 atom stereocenters. The summed E-state index contributed by atoms with van der Waals surface area (Å²) in [5.41, 5.74) is -6.59. The van der Waals surface area contributed by atoms with E-state index in [2.05, 4.69) is 15.6 Å². The lowest BCUT2D eigenvalue weighted by molar-refractivity contribution is -0.145. The number of nitrogens with zero attached hydrogens (tertiary/aromatic N) is 3. The summed E-state index contributed by atoms with van der Waals surface area (Å²) in [6, 6.07) is 1.19. The number of ether oxygens (including phenoxy) is 3. The lowest BCUT2D eigenvalue weighted by Crippen LogP contribution is -2.62. The third kappa shape index (κ3) is 7.70. The summed E-state index contributed by atoms with van der Waals surface area (Å²) >= 11 is 0. The number of rotatable bonds is 3. The summed E-state index contributed by atoms with van der Waals surface area (Å²) in [6.45, 7) is 4.24. The molecule has 1 saturated carbocycles. The van der Waals surface area contributed by atoms with Gasteiger partial charge in [0.1, 0.15) is 40.7 Å². The van der Waals surface area contributed by atoms with E-state index in [4.69, 9.17) is 14.2 Å². The molecule has 0 unspecified atom stereocenters. The average molecular weight is 824 g/mol. The molecule has 4 aliphatic heterocycles. The summed E-state index contributed by atoms with van der Waals surface area (Å²) in [6.07, 6.45) is -3.14. The zero-order chi connectivity index (χ0) is 41.3. The van der Waals surface area contributed by atoms with E-state index in [0.29, 0.717) is 30.0 Å². The Hall–Kier alpha value is -4.68. The number of carbonyl (C=O) groups excluding carboxylic acids is 4. The van der Waals surface area contributed by atoms with Crippen molar-refractivity contribution in [2.45, 2.75) is 113 Å². The first-order valence-corrected chi connectivity index (χ1v) is 20.5. The topological polar surface area (TPSA) is 174 Å². The number of alkyl carbamates (subject to hydrolysis) is 1. The molecule has 1 aliphatic carbocycles. The Balaban J connectivity index is 1.30. The molecule has 57 heavy (non-hydrogen) atoms. The van der Waals surface area contributed by atoms with Crippen molar-refractivity contribution in [3.8, 4) is 11.5 Å². The second-order valence-electron chi connectivity index (χ2n) is 16.5. The minimum absolute atomic E-state index is 0.0252. The Morgan fingerprint density at radius 2 is 1.84 bits per heavy atom. The van der Waals surface area contributed by atoms with Crippen LogP contribution >= 0.6 is 0 Å². The molecule has 310 valence electrons. The average Bonchev–Trinajstić information content (AvgIpc) is 3.69. The Bertz CT molecular complexity index is 2140. The van der Waals surface area contributed by atoms with E-state index in [0.717, 1.165) is 4.90 Å². The lowest BCUT2D eigenvalue weighted by atomic mass is 9.85. The number of hydrogen-bond acceptors (Lipinski definition) is 10. The zero-order valence-electron chi connectivity index (χ0n) is 31.9. The number of hydrogen-bond donors (Lipinski definition) is 2. The van der Waals surface area contributed by atoms with Crippen molar-refractivity contribution < 1.29 is 59.4 Å². The van der Waals surface area contributed by atoms with Crippen LogP contribution in [0.2, 0.25) is 0 Å². The molecule has 1 aromatic carbocycles. The third-order valence-corrected chi connectivity index (χ3v) is 12.9. The van der Waals surface area contributed by atoms with E-state index in [1.165, 1.54) is 25.3 Å². The highest BCUT2D eigenvalue weighted by atomic mass is 32.2. The van der Waals surface area contributed by atoms with Crippen molar-refractivity contribution in [1.82, 2.24) is 24.8 Å². The number of halogens is 4. The van der Waals surface area contributed by atoms with Crippen molar-refractivity contribution >= 4 is 44.7 Å². The predicted octanol–water partition coefficient (Wildman–Crippen LogP) is 4.86. The first-order chi connectivity index (χ1) is 26.7.